The Morgan fingerprint density at radius 3 is 2.43 bits per heavy atom. The van der Waals surface area contributed by atoms with Crippen molar-refractivity contribution in [1.29, 1.82) is 0 Å². The molecule has 1 aliphatic heterocycles. The van der Waals surface area contributed by atoms with Gasteiger partial charge in [-0.25, -0.2) is 26.3 Å². The van der Waals surface area contributed by atoms with Gasteiger partial charge in [-0.2, -0.15) is 0 Å². The molecule has 0 aromatic heterocycles. The molecule has 2 aromatic carbocycles. The van der Waals surface area contributed by atoms with Crippen LogP contribution in [0.2, 0.25) is 0 Å². The van der Waals surface area contributed by atoms with Gasteiger partial charge in [0, 0.05) is 35.5 Å². The van der Waals surface area contributed by atoms with Crippen LogP contribution in [0.1, 0.15) is 29.6 Å². The SMILES string of the molecule is O=C(Nc1cc(F)c(F)c(F)c1)c1ccc2c(c1)S(=O)(=O)N[C@H]1CCCC1N2. The first-order valence-corrected chi connectivity index (χ1v) is 10.1. The zero-order valence-electron chi connectivity index (χ0n) is 14.4. The highest BCUT2D eigenvalue weighted by Gasteiger charge is 2.36. The Balaban J connectivity index is 1.65. The zero-order valence-corrected chi connectivity index (χ0v) is 15.2. The number of nitrogens with one attached hydrogen (secondary N) is 3. The van der Waals surface area contributed by atoms with Crippen molar-refractivity contribution in [2.75, 3.05) is 10.6 Å². The molecule has 1 aliphatic carbocycles. The van der Waals surface area contributed by atoms with Crippen molar-refractivity contribution >= 4 is 27.3 Å². The minimum Gasteiger partial charge on any atom is -0.380 e. The molecule has 1 saturated carbocycles. The quantitative estimate of drug-likeness (QED) is 0.663. The van der Waals surface area contributed by atoms with Gasteiger partial charge in [-0.05, 0) is 37.5 Å². The number of benzene rings is 2. The van der Waals surface area contributed by atoms with E-state index in [0.29, 0.717) is 17.8 Å². The second-order valence-electron chi connectivity index (χ2n) is 6.83. The van der Waals surface area contributed by atoms with E-state index in [1.165, 1.54) is 18.2 Å². The van der Waals surface area contributed by atoms with Gasteiger partial charge in [-0.1, -0.05) is 0 Å². The highest BCUT2D eigenvalue weighted by atomic mass is 32.2. The highest BCUT2D eigenvalue weighted by Crippen LogP contribution is 2.32. The maximum absolute atomic E-state index is 13.3. The molecule has 3 N–H and O–H groups in total. The van der Waals surface area contributed by atoms with Crippen LogP contribution in [0.25, 0.3) is 0 Å². The number of hydrogen-bond acceptors (Lipinski definition) is 4. The molecule has 0 saturated heterocycles. The highest BCUT2D eigenvalue weighted by molar-refractivity contribution is 7.89. The Bertz CT molecular complexity index is 1050. The van der Waals surface area contributed by atoms with Crippen molar-refractivity contribution in [1.82, 2.24) is 4.72 Å². The van der Waals surface area contributed by atoms with Gasteiger partial charge < -0.3 is 10.6 Å². The van der Waals surface area contributed by atoms with Crippen LogP contribution >= 0.6 is 0 Å². The normalized spacial score (nSPS) is 22.5. The minimum atomic E-state index is -3.84. The van der Waals surface area contributed by atoms with Gasteiger partial charge in [0.25, 0.3) is 5.91 Å². The Hall–Kier alpha value is -2.59. The molecule has 1 amide bonds. The average molecular weight is 411 g/mol. The maximum atomic E-state index is 13.3. The van der Waals surface area contributed by atoms with Gasteiger partial charge in [0.05, 0.1) is 5.69 Å². The van der Waals surface area contributed by atoms with Crippen LogP contribution in [-0.2, 0) is 10.0 Å². The Morgan fingerprint density at radius 2 is 1.71 bits per heavy atom. The number of anilines is 2. The molecule has 2 atom stereocenters. The van der Waals surface area contributed by atoms with Crippen LogP contribution in [0.5, 0.6) is 0 Å². The zero-order chi connectivity index (χ0) is 20.1. The molecule has 0 radical (unpaired) electrons. The van der Waals surface area contributed by atoms with Crippen molar-refractivity contribution in [3.05, 3.63) is 53.3 Å². The Kier molecular flexibility index (Phi) is 4.54. The number of hydrogen-bond donors (Lipinski definition) is 3. The first kappa shape index (κ1) is 18.8. The third-order valence-electron chi connectivity index (χ3n) is 4.94. The summed E-state index contributed by atoms with van der Waals surface area (Å²) in [6.07, 6.45) is 2.46. The van der Waals surface area contributed by atoms with Crippen LogP contribution in [0.15, 0.2) is 35.2 Å². The van der Waals surface area contributed by atoms with E-state index in [1.54, 1.807) is 0 Å². The molecule has 0 spiro atoms. The largest absolute Gasteiger partial charge is 0.380 e. The van der Waals surface area contributed by atoms with E-state index in [0.717, 1.165) is 19.3 Å². The number of carbonyl (C=O) groups excluding carboxylic acids is 1. The molecule has 4 rings (SSSR count). The summed E-state index contributed by atoms with van der Waals surface area (Å²) in [5.41, 5.74) is 0.0745. The third-order valence-corrected chi connectivity index (χ3v) is 6.47. The fourth-order valence-electron chi connectivity index (χ4n) is 3.57. The van der Waals surface area contributed by atoms with E-state index in [2.05, 4.69) is 15.4 Å². The van der Waals surface area contributed by atoms with E-state index in [9.17, 15) is 26.4 Å². The van der Waals surface area contributed by atoms with Crippen molar-refractivity contribution < 1.29 is 26.4 Å². The van der Waals surface area contributed by atoms with Crippen LogP contribution < -0.4 is 15.4 Å². The fraction of sp³-hybridized carbons (Fsp3) is 0.278. The smallest absolute Gasteiger partial charge is 0.255 e. The predicted octanol–water partition coefficient (Wildman–Crippen LogP) is 2.98. The topological polar surface area (TPSA) is 87.3 Å². The first-order valence-electron chi connectivity index (χ1n) is 8.63. The molecular weight excluding hydrogens is 395 g/mol. The molecule has 6 nitrogen and oxygen atoms in total. The Morgan fingerprint density at radius 1 is 1.04 bits per heavy atom. The third kappa shape index (κ3) is 3.33. The van der Waals surface area contributed by atoms with Crippen LogP contribution in [0.3, 0.4) is 0 Å². The van der Waals surface area contributed by atoms with E-state index in [-0.39, 0.29) is 28.2 Å². The molecule has 148 valence electrons. The van der Waals surface area contributed by atoms with Crippen LogP contribution in [0.4, 0.5) is 24.5 Å². The van der Waals surface area contributed by atoms with Crippen molar-refractivity contribution in [3.8, 4) is 0 Å². The Labute approximate surface area is 159 Å². The van der Waals surface area contributed by atoms with Crippen LogP contribution in [0, 0.1) is 17.5 Å². The molecular formula is C18H16F3N3O3S. The standard InChI is InChI=1S/C18H16F3N3O3S/c19-11-7-10(8-12(20)17(11)21)22-18(25)9-4-5-15-16(6-9)28(26,27)24-14-3-1-2-13(14)23-15/h4-8,13-14,23-24H,1-3H2,(H,22,25)/t13?,14-/m0/s1. The second-order valence-corrected chi connectivity index (χ2v) is 8.51. The summed E-state index contributed by atoms with van der Waals surface area (Å²) in [6, 6.07) is 5.11. The lowest BCUT2D eigenvalue weighted by Crippen LogP contribution is -2.40. The molecule has 2 aromatic rings. The summed E-state index contributed by atoms with van der Waals surface area (Å²) < 4.78 is 67.7. The summed E-state index contributed by atoms with van der Waals surface area (Å²) >= 11 is 0. The monoisotopic (exact) mass is 411 g/mol. The van der Waals surface area contributed by atoms with Gasteiger partial charge in [0.2, 0.25) is 10.0 Å². The number of fused-ring (bicyclic) bond motifs is 2. The summed E-state index contributed by atoms with van der Waals surface area (Å²) in [5, 5.41) is 5.44. The lowest BCUT2D eigenvalue weighted by molar-refractivity contribution is 0.102. The van der Waals surface area contributed by atoms with Crippen LogP contribution in [-0.4, -0.2) is 26.4 Å². The van der Waals surface area contributed by atoms with Gasteiger partial charge in [-0.3, -0.25) is 4.79 Å². The molecule has 2 aliphatic rings. The number of halogens is 3. The average Bonchev–Trinajstić information content (AvgIpc) is 3.01. The van der Waals surface area contributed by atoms with E-state index < -0.39 is 33.4 Å². The molecule has 28 heavy (non-hydrogen) atoms. The summed E-state index contributed by atoms with van der Waals surface area (Å²) in [7, 11) is -3.84. The first-order chi connectivity index (χ1) is 13.2. The maximum Gasteiger partial charge on any atom is 0.255 e. The predicted molar refractivity (Wildman–Crippen MR) is 96.1 cm³/mol. The lowest BCUT2D eigenvalue weighted by atomic mass is 10.1. The van der Waals surface area contributed by atoms with E-state index >= 15 is 0 Å². The summed E-state index contributed by atoms with van der Waals surface area (Å²) in [5.74, 6) is -5.32. The van der Waals surface area contributed by atoms with Gasteiger partial charge in [-0.15, -0.1) is 0 Å². The molecule has 1 unspecified atom stereocenters. The summed E-state index contributed by atoms with van der Waals surface area (Å²) in [6.45, 7) is 0. The van der Waals surface area contributed by atoms with Crippen molar-refractivity contribution in [2.45, 2.75) is 36.2 Å². The van der Waals surface area contributed by atoms with Gasteiger partial charge >= 0.3 is 0 Å². The number of sulfonamides is 1. The summed E-state index contributed by atoms with van der Waals surface area (Å²) in [4.78, 5) is 12.3. The van der Waals surface area contributed by atoms with E-state index in [1.807, 2.05) is 0 Å². The van der Waals surface area contributed by atoms with Gasteiger partial charge in [0.1, 0.15) is 4.90 Å². The molecule has 10 heteroatoms. The van der Waals surface area contributed by atoms with Crippen molar-refractivity contribution in [2.24, 2.45) is 0 Å². The number of amides is 1. The fourth-order valence-corrected chi connectivity index (χ4v) is 5.08. The number of rotatable bonds is 2. The van der Waals surface area contributed by atoms with E-state index in [4.69, 9.17) is 0 Å². The number of carbonyl (C=O) groups is 1. The lowest BCUT2D eigenvalue weighted by Gasteiger charge is -2.17. The minimum absolute atomic E-state index is 0.0249. The second kappa shape index (κ2) is 6.78. The molecule has 1 fully saturated rings. The molecule has 1 heterocycles. The van der Waals surface area contributed by atoms with Crippen molar-refractivity contribution in [3.63, 3.8) is 0 Å². The van der Waals surface area contributed by atoms with Gasteiger partial charge in [0.15, 0.2) is 17.5 Å². The molecule has 0 bridgehead atoms.